The third-order valence-electron chi connectivity index (χ3n) is 5.41. The molecule has 3 fully saturated rings. The molecule has 2 atom stereocenters. The number of carbonyl (C=O) groups excluding carboxylic acids is 1. The number of hydrogen-bond donors (Lipinski definition) is 0. The largest absolute Gasteiger partial charge is 0.488 e. The van der Waals surface area contributed by atoms with Crippen molar-refractivity contribution < 1.29 is 19.0 Å². The molecule has 0 bridgehead atoms. The molecule has 1 aromatic rings. The van der Waals surface area contributed by atoms with Crippen LogP contribution < -0.4 is 4.74 Å². The van der Waals surface area contributed by atoms with Crippen LogP contribution in [0.4, 0.5) is 0 Å². The Bertz CT molecular complexity index is 562. The number of hydrogen-bond acceptors (Lipinski definition) is 4. The first-order valence-corrected chi connectivity index (χ1v) is 9.00. The van der Waals surface area contributed by atoms with Crippen LogP contribution in [0, 0.1) is 0 Å². The average Bonchev–Trinajstić information content (AvgIpc) is 3.27. The summed E-state index contributed by atoms with van der Waals surface area (Å²) in [4.78, 5) is 14.4. The molecule has 3 aliphatic rings. The highest BCUT2D eigenvalue weighted by Gasteiger charge is 2.45. The van der Waals surface area contributed by atoms with Gasteiger partial charge in [-0.25, -0.2) is 0 Å². The molecule has 4 rings (SSSR count). The summed E-state index contributed by atoms with van der Waals surface area (Å²) in [5.41, 5.74) is -0.118. The van der Waals surface area contributed by atoms with Gasteiger partial charge in [0.15, 0.2) is 0 Å². The van der Waals surface area contributed by atoms with E-state index in [4.69, 9.17) is 14.2 Å². The molecular weight excluding hydrogens is 306 g/mol. The highest BCUT2D eigenvalue weighted by molar-refractivity contribution is 5.81. The first-order chi connectivity index (χ1) is 11.7. The van der Waals surface area contributed by atoms with Crippen molar-refractivity contribution in [3.05, 3.63) is 30.3 Å². The number of para-hydroxylation sites is 1. The summed E-state index contributed by atoms with van der Waals surface area (Å²) in [5.74, 6) is 1.06. The van der Waals surface area contributed by atoms with Crippen LogP contribution in [-0.2, 0) is 14.3 Å². The van der Waals surface area contributed by atoms with Crippen LogP contribution in [0.25, 0.3) is 0 Å². The van der Waals surface area contributed by atoms with E-state index in [0.29, 0.717) is 6.61 Å². The van der Waals surface area contributed by atoms with Crippen LogP contribution in [0.3, 0.4) is 0 Å². The molecule has 0 N–H and O–H groups in total. The van der Waals surface area contributed by atoms with Gasteiger partial charge in [-0.05, 0) is 37.8 Å². The fourth-order valence-corrected chi connectivity index (χ4v) is 4.03. The molecular formula is C19H25NO4. The second-order valence-electron chi connectivity index (χ2n) is 7.08. The number of carbonyl (C=O) groups is 1. The number of ether oxygens (including phenoxy) is 3. The van der Waals surface area contributed by atoms with E-state index in [1.807, 2.05) is 35.2 Å². The maximum atomic E-state index is 12.4. The van der Waals surface area contributed by atoms with Crippen molar-refractivity contribution >= 4 is 5.91 Å². The lowest BCUT2D eigenvalue weighted by atomic mass is 9.87. The van der Waals surface area contributed by atoms with Crippen molar-refractivity contribution in [1.29, 1.82) is 0 Å². The predicted octanol–water partition coefficient (Wildman–Crippen LogP) is 2.39. The minimum absolute atomic E-state index is 0.104. The van der Waals surface area contributed by atoms with E-state index in [0.717, 1.165) is 57.6 Å². The summed E-state index contributed by atoms with van der Waals surface area (Å²) in [5, 5.41) is 0. The first-order valence-electron chi connectivity index (χ1n) is 9.00. The summed E-state index contributed by atoms with van der Waals surface area (Å²) < 4.78 is 17.7. The molecule has 3 aliphatic heterocycles. The smallest absolute Gasteiger partial charge is 0.251 e. The van der Waals surface area contributed by atoms with Crippen molar-refractivity contribution in [1.82, 2.24) is 4.90 Å². The molecule has 3 heterocycles. The van der Waals surface area contributed by atoms with Crippen molar-refractivity contribution in [2.45, 2.75) is 49.9 Å². The molecule has 24 heavy (non-hydrogen) atoms. The van der Waals surface area contributed by atoms with Crippen LogP contribution in [-0.4, -0.2) is 54.9 Å². The maximum Gasteiger partial charge on any atom is 0.251 e. The van der Waals surface area contributed by atoms with E-state index in [2.05, 4.69) is 0 Å². The quantitative estimate of drug-likeness (QED) is 0.853. The van der Waals surface area contributed by atoms with Crippen molar-refractivity contribution in [2.24, 2.45) is 0 Å². The Morgan fingerprint density at radius 2 is 2.00 bits per heavy atom. The third kappa shape index (κ3) is 3.28. The Balaban J connectivity index is 1.30. The Hall–Kier alpha value is -1.59. The van der Waals surface area contributed by atoms with Gasteiger partial charge < -0.3 is 19.1 Å². The van der Waals surface area contributed by atoms with Gasteiger partial charge in [-0.3, -0.25) is 4.79 Å². The minimum atomic E-state index is -0.210. The van der Waals surface area contributed by atoms with Crippen molar-refractivity contribution in [3.63, 3.8) is 0 Å². The maximum absolute atomic E-state index is 12.4. The first kappa shape index (κ1) is 15.9. The fraction of sp³-hybridized carbons (Fsp3) is 0.632. The van der Waals surface area contributed by atoms with Crippen LogP contribution in [0.5, 0.6) is 5.75 Å². The van der Waals surface area contributed by atoms with Gasteiger partial charge in [0.1, 0.15) is 18.0 Å². The van der Waals surface area contributed by atoms with Crippen LogP contribution in [0.15, 0.2) is 30.3 Å². The van der Waals surface area contributed by atoms with E-state index in [1.54, 1.807) is 0 Å². The van der Waals surface area contributed by atoms with Gasteiger partial charge in [0.2, 0.25) is 0 Å². The highest BCUT2D eigenvalue weighted by Crippen LogP contribution is 2.37. The molecule has 5 nitrogen and oxygen atoms in total. The monoisotopic (exact) mass is 331 g/mol. The molecule has 1 aromatic carbocycles. The van der Waals surface area contributed by atoms with Crippen LogP contribution >= 0.6 is 0 Å². The normalized spacial score (nSPS) is 29.1. The van der Waals surface area contributed by atoms with Gasteiger partial charge in [-0.15, -0.1) is 0 Å². The molecule has 0 aromatic heterocycles. The molecule has 5 heteroatoms. The molecule has 0 aliphatic carbocycles. The molecule has 3 saturated heterocycles. The molecule has 1 amide bonds. The standard InChI is InChI=1S/C19H25NO4/c21-18(17-7-4-12-22-17)20-10-8-19(9-11-20)13-16(14-23-19)24-15-5-2-1-3-6-15/h1-3,5-6,16-17H,4,7-14H2. The van der Waals surface area contributed by atoms with Crippen molar-refractivity contribution in [3.8, 4) is 5.75 Å². The van der Waals surface area contributed by atoms with Gasteiger partial charge in [-0.1, -0.05) is 18.2 Å². The zero-order chi connectivity index (χ0) is 16.4. The Kier molecular flexibility index (Phi) is 4.46. The van der Waals surface area contributed by atoms with Gasteiger partial charge >= 0.3 is 0 Å². The molecule has 130 valence electrons. The Morgan fingerprint density at radius 3 is 2.71 bits per heavy atom. The Labute approximate surface area is 142 Å². The lowest BCUT2D eigenvalue weighted by Crippen LogP contribution is -2.49. The van der Waals surface area contributed by atoms with E-state index < -0.39 is 0 Å². The summed E-state index contributed by atoms with van der Waals surface area (Å²) in [6.45, 7) is 2.87. The molecule has 0 saturated carbocycles. The average molecular weight is 331 g/mol. The van der Waals surface area contributed by atoms with Crippen molar-refractivity contribution in [2.75, 3.05) is 26.3 Å². The van der Waals surface area contributed by atoms with Gasteiger partial charge in [0.05, 0.1) is 12.2 Å². The lowest BCUT2D eigenvalue weighted by Gasteiger charge is -2.39. The number of likely N-dealkylation sites (tertiary alicyclic amines) is 1. The summed E-state index contributed by atoms with van der Waals surface area (Å²) in [7, 11) is 0. The minimum Gasteiger partial charge on any atom is -0.488 e. The number of amides is 1. The number of benzene rings is 1. The number of nitrogens with zero attached hydrogens (tertiary/aromatic N) is 1. The van der Waals surface area contributed by atoms with Gasteiger partial charge in [0, 0.05) is 26.1 Å². The molecule has 2 unspecified atom stereocenters. The summed E-state index contributed by atoms with van der Waals surface area (Å²) in [6, 6.07) is 9.91. The number of rotatable bonds is 3. The fourth-order valence-electron chi connectivity index (χ4n) is 4.03. The summed E-state index contributed by atoms with van der Waals surface area (Å²) >= 11 is 0. The SMILES string of the molecule is O=C(C1CCCO1)N1CCC2(CC1)CC(Oc1ccccc1)CO2. The lowest BCUT2D eigenvalue weighted by molar-refractivity contribution is -0.145. The summed E-state index contributed by atoms with van der Waals surface area (Å²) in [6.07, 6.45) is 4.44. The predicted molar refractivity (Wildman–Crippen MR) is 88.9 cm³/mol. The Morgan fingerprint density at radius 1 is 1.21 bits per heavy atom. The zero-order valence-electron chi connectivity index (χ0n) is 14.0. The van der Waals surface area contributed by atoms with E-state index in [1.165, 1.54) is 0 Å². The topological polar surface area (TPSA) is 48.0 Å². The number of piperidine rings is 1. The molecule has 0 radical (unpaired) electrons. The van der Waals surface area contributed by atoms with Gasteiger partial charge in [0.25, 0.3) is 5.91 Å². The van der Waals surface area contributed by atoms with E-state index in [-0.39, 0.29) is 23.7 Å². The van der Waals surface area contributed by atoms with Crippen LogP contribution in [0.1, 0.15) is 32.1 Å². The van der Waals surface area contributed by atoms with Gasteiger partial charge in [-0.2, -0.15) is 0 Å². The van der Waals surface area contributed by atoms with Crippen LogP contribution in [0.2, 0.25) is 0 Å². The second-order valence-corrected chi connectivity index (χ2v) is 7.08. The highest BCUT2D eigenvalue weighted by atomic mass is 16.6. The second kappa shape index (κ2) is 6.73. The third-order valence-corrected chi connectivity index (χ3v) is 5.41. The molecule has 1 spiro atoms. The zero-order valence-corrected chi connectivity index (χ0v) is 14.0. The van der Waals surface area contributed by atoms with E-state index in [9.17, 15) is 4.79 Å². The van der Waals surface area contributed by atoms with E-state index >= 15 is 0 Å².